The van der Waals surface area contributed by atoms with Gasteiger partial charge in [-0.15, -0.1) is 0 Å². The minimum absolute atomic E-state index is 0.00140. The molecule has 0 atom stereocenters. The lowest BCUT2D eigenvalue weighted by atomic mass is 10.1. The van der Waals surface area contributed by atoms with Crippen LogP contribution < -0.4 is 5.32 Å². The Labute approximate surface area is 161 Å². The Hall–Kier alpha value is -2.39. The number of sulfonamides is 1. The van der Waals surface area contributed by atoms with Crippen molar-refractivity contribution in [3.05, 3.63) is 59.7 Å². The van der Waals surface area contributed by atoms with Gasteiger partial charge in [-0.25, -0.2) is 8.42 Å². The molecule has 5 nitrogen and oxygen atoms in total. The van der Waals surface area contributed by atoms with E-state index in [0.29, 0.717) is 24.1 Å². The summed E-state index contributed by atoms with van der Waals surface area (Å²) in [7, 11) is -3.82. The summed E-state index contributed by atoms with van der Waals surface area (Å²) in [4.78, 5) is 11.2. The fourth-order valence-corrected chi connectivity index (χ4v) is 4.47. The van der Waals surface area contributed by atoms with Gasteiger partial charge in [0.15, 0.2) is 0 Å². The molecular formula is C19H19F3N2O3S. The Bertz CT molecular complexity index is 951. The first-order chi connectivity index (χ1) is 13.1. The highest BCUT2D eigenvalue weighted by Gasteiger charge is 2.38. The van der Waals surface area contributed by atoms with E-state index >= 15 is 0 Å². The van der Waals surface area contributed by atoms with Crippen molar-refractivity contribution >= 4 is 21.6 Å². The second-order valence-electron chi connectivity index (χ2n) is 6.68. The molecule has 1 N–H and O–H groups in total. The lowest BCUT2D eigenvalue weighted by Gasteiger charge is -2.22. The first-order valence-corrected chi connectivity index (χ1v) is 10.1. The summed E-state index contributed by atoms with van der Waals surface area (Å²) in [6, 6.07) is 10.1. The van der Waals surface area contributed by atoms with Crippen LogP contribution in [0.5, 0.6) is 0 Å². The smallest absolute Gasteiger partial charge is 0.326 e. The monoisotopic (exact) mass is 412 g/mol. The lowest BCUT2D eigenvalue weighted by molar-refractivity contribution is -0.137. The molecular weight excluding hydrogens is 393 g/mol. The highest BCUT2D eigenvalue weighted by molar-refractivity contribution is 7.89. The van der Waals surface area contributed by atoms with Crippen LogP contribution in [0, 0.1) is 0 Å². The first kappa shape index (κ1) is 20.3. The van der Waals surface area contributed by atoms with E-state index in [0.717, 1.165) is 12.1 Å². The number of nitrogens with one attached hydrogen (secondary N) is 1. The van der Waals surface area contributed by atoms with Crippen molar-refractivity contribution in [2.75, 3.05) is 5.32 Å². The fraction of sp³-hybridized carbons (Fsp3) is 0.316. The molecule has 2 aromatic carbocycles. The number of amides is 1. The van der Waals surface area contributed by atoms with Crippen LogP contribution in [0.25, 0.3) is 0 Å². The highest BCUT2D eigenvalue weighted by atomic mass is 32.2. The van der Waals surface area contributed by atoms with Gasteiger partial charge >= 0.3 is 6.18 Å². The summed E-state index contributed by atoms with van der Waals surface area (Å²) in [5.74, 6) is -0.266. The van der Waals surface area contributed by atoms with Gasteiger partial charge in [-0.1, -0.05) is 12.1 Å². The Kier molecular flexibility index (Phi) is 5.49. The van der Waals surface area contributed by atoms with Crippen molar-refractivity contribution in [3.8, 4) is 0 Å². The Morgan fingerprint density at radius 2 is 1.64 bits per heavy atom. The number of anilines is 1. The van der Waals surface area contributed by atoms with Gasteiger partial charge in [0.05, 0.1) is 10.5 Å². The largest absolute Gasteiger partial charge is 0.416 e. The van der Waals surface area contributed by atoms with Crippen molar-refractivity contribution in [1.29, 1.82) is 0 Å². The van der Waals surface area contributed by atoms with Gasteiger partial charge in [0, 0.05) is 25.2 Å². The van der Waals surface area contributed by atoms with Crippen LogP contribution in [0.1, 0.15) is 30.9 Å². The van der Waals surface area contributed by atoms with Crippen molar-refractivity contribution in [1.82, 2.24) is 4.31 Å². The van der Waals surface area contributed by atoms with E-state index in [4.69, 9.17) is 0 Å². The maximum absolute atomic E-state index is 13.0. The predicted molar refractivity (Wildman–Crippen MR) is 97.9 cm³/mol. The topological polar surface area (TPSA) is 66.5 Å². The van der Waals surface area contributed by atoms with E-state index in [1.807, 2.05) is 0 Å². The van der Waals surface area contributed by atoms with Crippen LogP contribution in [0.4, 0.5) is 18.9 Å². The zero-order valence-corrected chi connectivity index (χ0v) is 15.8. The number of hydrogen-bond acceptors (Lipinski definition) is 3. The standard InChI is InChI=1S/C19H19F3N2O3S/c1-13(25)23-16-6-10-18(11-7-16)28(26,27)24(17-8-9-17)12-14-2-4-15(5-3-14)19(20,21)22/h2-7,10-11,17H,8-9,12H2,1H3,(H,23,25). The second kappa shape index (κ2) is 7.56. The average Bonchev–Trinajstić information content (AvgIpc) is 3.44. The number of benzene rings is 2. The Morgan fingerprint density at radius 3 is 2.11 bits per heavy atom. The number of alkyl halides is 3. The molecule has 0 radical (unpaired) electrons. The lowest BCUT2D eigenvalue weighted by Crippen LogP contribution is -2.32. The molecule has 1 fully saturated rings. The Morgan fingerprint density at radius 1 is 1.07 bits per heavy atom. The minimum atomic E-state index is -4.43. The second-order valence-corrected chi connectivity index (χ2v) is 8.57. The molecule has 28 heavy (non-hydrogen) atoms. The first-order valence-electron chi connectivity index (χ1n) is 8.63. The predicted octanol–water partition coefficient (Wildman–Crippen LogP) is 4.02. The zero-order valence-electron chi connectivity index (χ0n) is 15.0. The summed E-state index contributed by atoms with van der Waals surface area (Å²) in [5, 5.41) is 2.57. The molecule has 1 saturated carbocycles. The van der Waals surface area contributed by atoms with E-state index < -0.39 is 21.8 Å². The molecule has 0 aliphatic heterocycles. The van der Waals surface area contributed by atoms with Crippen LogP contribution in [0.15, 0.2) is 53.4 Å². The van der Waals surface area contributed by atoms with Gasteiger partial charge in [-0.2, -0.15) is 17.5 Å². The van der Waals surface area contributed by atoms with E-state index in [9.17, 15) is 26.4 Å². The van der Waals surface area contributed by atoms with Crippen molar-refractivity contribution in [3.63, 3.8) is 0 Å². The summed E-state index contributed by atoms with van der Waals surface area (Å²) in [6.07, 6.45) is -3.01. The summed E-state index contributed by atoms with van der Waals surface area (Å²) in [6.45, 7) is 1.35. The van der Waals surface area contributed by atoms with Gasteiger partial charge in [0.25, 0.3) is 0 Å². The summed E-state index contributed by atoms with van der Waals surface area (Å²) in [5.41, 5.74) is 0.191. The minimum Gasteiger partial charge on any atom is -0.326 e. The van der Waals surface area contributed by atoms with Gasteiger partial charge < -0.3 is 5.32 Å². The van der Waals surface area contributed by atoms with Gasteiger partial charge in [-0.3, -0.25) is 4.79 Å². The average molecular weight is 412 g/mol. The molecule has 9 heteroatoms. The molecule has 0 aromatic heterocycles. The number of carbonyl (C=O) groups is 1. The maximum Gasteiger partial charge on any atom is 0.416 e. The molecule has 2 aromatic rings. The molecule has 0 bridgehead atoms. The number of hydrogen-bond donors (Lipinski definition) is 1. The zero-order chi connectivity index (χ0) is 20.5. The van der Waals surface area contributed by atoms with E-state index in [1.165, 1.54) is 47.6 Å². The Balaban J connectivity index is 1.82. The molecule has 150 valence electrons. The number of halogens is 3. The van der Waals surface area contributed by atoms with Crippen LogP contribution in [-0.2, 0) is 27.5 Å². The molecule has 0 heterocycles. The third-order valence-corrected chi connectivity index (χ3v) is 6.27. The van der Waals surface area contributed by atoms with E-state index in [1.54, 1.807) is 0 Å². The van der Waals surface area contributed by atoms with Gasteiger partial charge in [-0.05, 0) is 54.8 Å². The molecule has 0 unspecified atom stereocenters. The van der Waals surface area contributed by atoms with Crippen LogP contribution >= 0.6 is 0 Å². The van der Waals surface area contributed by atoms with Crippen molar-refractivity contribution in [2.24, 2.45) is 0 Å². The van der Waals surface area contributed by atoms with Crippen molar-refractivity contribution in [2.45, 2.75) is 43.4 Å². The maximum atomic E-state index is 13.0. The van der Waals surface area contributed by atoms with E-state index in [-0.39, 0.29) is 23.4 Å². The third kappa shape index (κ3) is 4.71. The molecule has 0 spiro atoms. The quantitative estimate of drug-likeness (QED) is 0.780. The summed E-state index contributed by atoms with van der Waals surface area (Å²) >= 11 is 0. The van der Waals surface area contributed by atoms with Crippen molar-refractivity contribution < 1.29 is 26.4 Å². The number of carbonyl (C=O) groups excluding carboxylic acids is 1. The number of nitrogens with zero attached hydrogens (tertiary/aromatic N) is 1. The normalized spacial score (nSPS) is 14.9. The molecule has 3 rings (SSSR count). The molecule has 0 saturated heterocycles. The molecule has 1 amide bonds. The van der Waals surface area contributed by atoms with Crippen LogP contribution in [-0.4, -0.2) is 24.7 Å². The third-order valence-electron chi connectivity index (χ3n) is 4.36. The van der Waals surface area contributed by atoms with E-state index in [2.05, 4.69) is 5.32 Å². The SMILES string of the molecule is CC(=O)Nc1ccc(S(=O)(=O)N(Cc2ccc(C(F)(F)F)cc2)C2CC2)cc1. The summed E-state index contributed by atoms with van der Waals surface area (Å²) < 4.78 is 65.5. The number of rotatable bonds is 6. The molecule has 1 aliphatic carbocycles. The van der Waals surface area contributed by atoms with Crippen LogP contribution in [0.2, 0.25) is 0 Å². The van der Waals surface area contributed by atoms with Gasteiger partial charge in [0.2, 0.25) is 15.9 Å². The van der Waals surface area contributed by atoms with Gasteiger partial charge in [0.1, 0.15) is 0 Å². The molecule has 1 aliphatic rings. The van der Waals surface area contributed by atoms with Crippen LogP contribution in [0.3, 0.4) is 0 Å². The fourth-order valence-electron chi connectivity index (χ4n) is 2.80. The highest BCUT2D eigenvalue weighted by Crippen LogP contribution is 2.34.